The zero-order valence-electron chi connectivity index (χ0n) is 14.4. The van der Waals surface area contributed by atoms with Crippen LogP contribution in [0.4, 0.5) is 0 Å². The highest BCUT2D eigenvalue weighted by Crippen LogP contribution is 2.66. The van der Waals surface area contributed by atoms with Gasteiger partial charge in [0.2, 0.25) is 5.78 Å². The number of rotatable bonds is 2. The molecule has 2 atom stereocenters. The third-order valence-electron chi connectivity index (χ3n) is 6.35. The summed E-state index contributed by atoms with van der Waals surface area (Å²) in [4.78, 5) is 33.6. The van der Waals surface area contributed by atoms with Gasteiger partial charge in [-0.15, -0.1) is 0 Å². The molecular formula is C18H21N3O3. The molecule has 1 saturated carbocycles. The van der Waals surface area contributed by atoms with Crippen molar-refractivity contribution < 1.29 is 9.53 Å². The highest BCUT2D eigenvalue weighted by Gasteiger charge is 2.60. The van der Waals surface area contributed by atoms with Crippen LogP contribution < -0.4 is 5.56 Å². The Morgan fingerprint density at radius 3 is 2.88 bits per heavy atom. The minimum Gasteiger partial charge on any atom is -0.462 e. The van der Waals surface area contributed by atoms with Gasteiger partial charge in [-0.25, -0.2) is 14.8 Å². The Kier molecular flexibility index (Phi) is 2.96. The number of aromatic nitrogens is 3. The molecule has 2 bridgehead atoms. The lowest BCUT2D eigenvalue weighted by Gasteiger charge is -2.34. The molecule has 24 heavy (non-hydrogen) atoms. The second-order valence-electron chi connectivity index (χ2n) is 7.56. The van der Waals surface area contributed by atoms with Crippen molar-refractivity contribution in [2.45, 2.75) is 51.9 Å². The summed E-state index contributed by atoms with van der Waals surface area (Å²) in [7, 11) is 0. The molecule has 2 aliphatic rings. The highest BCUT2D eigenvalue weighted by molar-refractivity contribution is 5.88. The van der Waals surface area contributed by atoms with E-state index in [0.29, 0.717) is 11.7 Å². The number of esters is 1. The van der Waals surface area contributed by atoms with Crippen molar-refractivity contribution in [3.8, 4) is 0 Å². The van der Waals surface area contributed by atoms with Gasteiger partial charge in [0.05, 0.1) is 18.5 Å². The molecule has 2 aliphatic carbocycles. The maximum Gasteiger partial charge on any atom is 0.345 e. The molecule has 0 aliphatic heterocycles. The summed E-state index contributed by atoms with van der Waals surface area (Å²) in [5, 5.41) is 0. The lowest BCUT2D eigenvalue weighted by atomic mass is 9.70. The Morgan fingerprint density at radius 1 is 1.42 bits per heavy atom. The van der Waals surface area contributed by atoms with Gasteiger partial charge < -0.3 is 4.74 Å². The van der Waals surface area contributed by atoms with E-state index in [4.69, 9.17) is 9.72 Å². The zero-order chi connectivity index (χ0) is 17.3. The first-order chi connectivity index (χ1) is 11.3. The summed E-state index contributed by atoms with van der Waals surface area (Å²) in [5.74, 6) is 0.0858. The SMILES string of the molecule is CCOC(=O)c1cnc2nc3c(cn2c1=O)[C@H]1CC[C@]3(C)C1(C)C. The lowest BCUT2D eigenvalue weighted by molar-refractivity contribution is 0.0523. The molecule has 0 spiro atoms. The fourth-order valence-electron chi connectivity index (χ4n) is 4.54. The second kappa shape index (κ2) is 4.65. The molecule has 0 saturated heterocycles. The number of carbonyl (C=O) groups excluding carboxylic acids is 1. The van der Waals surface area contributed by atoms with Gasteiger partial charge in [0.25, 0.3) is 5.56 Å². The number of fused-ring (bicyclic) bond motifs is 6. The fourth-order valence-corrected chi connectivity index (χ4v) is 4.54. The van der Waals surface area contributed by atoms with Crippen LogP contribution in [0.1, 0.15) is 68.1 Å². The van der Waals surface area contributed by atoms with E-state index in [1.165, 1.54) is 10.6 Å². The third-order valence-corrected chi connectivity index (χ3v) is 6.35. The van der Waals surface area contributed by atoms with Crippen molar-refractivity contribution in [1.29, 1.82) is 0 Å². The summed E-state index contributed by atoms with van der Waals surface area (Å²) in [6.45, 7) is 8.73. The van der Waals surface area contributed by atoms with E-state index in [1.807, 2.05) is 6.20 Å². The maximum atomic E-state index is 12.7. The maximum absolute atomic E-state index is 12.7. The van der Waals surface area contributed by atoms with Gasteiger partial charge in [-0.2, -0.15) is 0 Å². The van der Waals surface area contributed by atoms with Crippen LogP contribution >= 0.6 is 0 Å². The quantitative estimate of drug-likeness (QED) is 0.792. The largest absolute Gasteiger partial charge is 0.462 e. The van der Waals surface area contributed by atoms with Crippen molar-refractivity contribution >= 4 is 11.7 Å². The monoisotopic (exact) mass is 327 g/mol. The number of hydrogen-bond donors (Lipinski definition) is 0. The smallest absolute Gasteiger partial charge is 0.345 e. The molecule has 126 valence electrons. The molecule has 0 aromatic carbocycles. The average Bonchev–Trinajstić information content (AvgIpc) is 2.86. The molecule has 0 unspecified atom stereocenters. The van der Waals surface area contributed by atoms with Gasteiger partial charge in [0, 0.05) is 11.6 Å². The first-order valence-electron chi connectivity index (χ1n) is 8.41. The van der Waals surface area contributed by atoms with E-state index >= 15 is 0 Å². The normalized spacial score (nSPS) is 26.6. The van der Waals surface area contributed by atoms with E-state index in [2.05, 4.69) is 25.8 Å². The summed E-state index contributed by atoms with van der Waals surface area (Å²) < 4.78 is 6.33. The minimum atomic E-state index is -0.640. The predicted molar refractivity (Wildman–Crippen MR) is 88.3 cm³/mol. The van der Waals surface area contributed by atoms with Crippen LogP contribution in [0.3, 0.4) is 0 Å². The zero-order valence-corrected chi connectivity index (χ0v) is 14.4. The van der Waals surface area contributed by atoms with E-state index in [9.17, 15) is 9.59 Å². The van der Waals surface area contributed by atoms with Crippen LogP contribution in [0.15, 0.2) is 17.2 Å². The standard InChI is InChI=1S/C18H21N3O3/c1-5-24-15(23)10-8-19-16-20-13-11(9-21(16)14(10)22)12-6-7-18(13,4)17(12,2)3/h8-9,12H,5-7H2,1-4H3/t12-,18+/m1/s1. The predicted octanol–water partition coefficient (Wildman–Crippen LogP) is 2.44. The number of hydrogen-bond acceptors (Lipinski definition) is 5. The Bertz CT molecular complexity index is 931. The van der Waals surface area contributed by atoms with Crippen LogP contribution in [0.5, 0.6) is 0 Å². The Balaban J connectivity index is 1.95. The van der Waals surface area contributed by atoms with Gasteiger partial charge in [0.1, 0.15) is 5.56 Å². The Hall–Kier alpha value is -2.24. The van der Waals surface area contributed by atoms with E-state index in [1.54, 1.807) is 6.92 Å². The lowest BCUT2D eigenvalue weighted by Crippen LogP contribution is -2.32. The number of nitrogens with zero attached hydrogens (tertiary/aromatic N) is 3. The average molecular weight is 327 g/mol. The van der Waals surface area contributed by atoms with E-state index < -0.39 is 11.5 Å². The first-order valence-corrected chi connectivity index (χ1v) is 8.41. The molecule has 0 radical (unpaired) electrons. The topological polar surface area (TPSA) is 73.6 Å². The Labute approximate surface area is 139 Å². The summed E-state index contributed by atoms with van der Waals surface area (Å²) in [6.07, 6.45) is 5.32. The van der Waals surface area contributed by atoms with Gasteiger partial charge in [-0.05, 0) is 36.7 Å². The van der Waals surface area contributed by atoms with Gasteiger partial charge in [-0.3, -0.25) is 9.20 Å². The van der Waals surface area contributed by atoms with Crippen LogP contribution in [0, 0.1) is 5.41 Å². The molecule has 0 amide bonds. The summed E-state index contributed by atoms with van der Waals surface area (Å²) >= 11 is 0. The molecule has 2 heterocycles. The molecule has 2 aromatic heterocycles. The summed E-state index contributed by atoms with van der Waals surface area (Å²) in [6, 6.07) is 0. The van der Waals surface area contributed by atoms with Crippen molar-refractivity contribution in [3.63, 3.8) is 0 Å². The minimum absolute atomic E-state index is 0.00624. The first kappa shape index (κ1) is 15.3. The molecule has 4 rings (SSSR count). The van der Waals surface area contributed by atoms with Crippen molar-refractivity contribution in [2.24, 2.45) is 5.41 Å². The van der Waals surface area contributed by atoms with Crippen molar-refractivity contribution in [2.75, 3.05) is 6.61 Å². The van der Waals surface area contributed by atoms with Crippen LogP contribution in [-0.4, -0.2) is 26.9 Å². The third kappa shape index (κ3) is 1.66. The van der Waals surface area contributed by atoms with Gasteiger partial charge in [-0.1, -0.05) is 20.8 Å². The Morgan fingerprint density at radius 2 is 2.17 bits per heavy atom. The van der Waals surface area contributed by atoms with E-state index in [-0.39, 0.29) is 23.0 Å². The molecule has 6 nitrogen and oxygen atoms in total. The van der Waals surface area contributed by atoms with Crippen LogP contribution in [0.2, 0.25) is 0 Å². The van der Waals surface area contributed by atoms with Crippen LogP contribution in [-0.2, 0) is 10.2 Å². The van der Waals surface area contributed by atoms with Gasteiger partial charge >= 0.3 is 5.97 Å². The van der Waals surface area contributed by atoms with Crippen molar-refractivity contribution in [1.82, 2.24) is 14.4 Å². The second-order valence-corrected chi connectivity index (χ2v) is 7.56. The molecular weight excluding hydrogens is 306 g/mol. The molecule has 1 fully saturated rings. The molecule has 2 aromatic rings. The summed E-state index contributed by atoms with van der Waals surface area (Å²) in [5.41, 5.74) is 1.81. The molecule has 6 heteroatoms. The van der Waals surface area contributed by atoms with Crippen molar-refractivity contribution in [3.05, 3.63) is 39.6 Å². The highest BCUT2D eigenvalue weighted by atomic mass is 16.5. The van der Waals surface area contributed by atoms with Crippen LogP contribution in [0.25, 0.3) is 5.78 Å². The number of carbonyl (C=O) groups is 1. The molecule has 0 N–H and O–H groups in total. The number of ether oxygens (including phenoxy) is 1. The van der Waals surface area contributed by atoms with E-state index in [0.717, 1.165) is 24.1 Å². The van der Waals surface area contributed by atoms with Gasteiger partial charge in [0.15, 0.2) is 0 Å². The fraction of sp³-hybridized carbons (Fsp3) is 0.556.